The quantitative estimate of drug-likeness (QED) is 0.908. The molecule has 0 saturated heterocycles. The molecule has 0 aliphatic heterocycles. The van der Waals surface area contributed by atoms with Crippen LogP contribution in [0.25, 0.3) is 0 Å². The first-order valence-electron chi connectivity index (χ1n) is 4.22. The molecule has 0 aromatic carbocycles. The number of aromatic nitrogens is 2. The molecule has 0 aliphatic rings. The van der Waals surface area contributed by atoms with Crippen molar-refractivity contribution in [2.24, 2.45) is 0 Å². The van der Waals surface area contributed by atoms with Crippen molar-refractivity contribution >= 4 is 16.5 Å². The second-order valence-corrected chi connectivity index (χ2v) is 3.82. The third kappa shape index (κ3) is 2.51. The van der Waals surface area contributed by atoms with E-state index in [1.807, 2.05) is 0 Å². The van der Waals surface area contributed by atoms with Gasteiger partial charge in [-0.2, -0.15) is 13.2 Å². The minimum atomic E-state index is -4.44. The normalized spacial score (nSPS) is 11.7. The van der Waals surface area contributed by atoms with E-state index in [1.54, 1.807) is 12.1 Å². The van der Waals surface area contributed by atoms with Crippen LogP contribution in [0.5, 0.6) is 0 Å². The van der Waals surface area contributed by atoms with Crippen LogP contribution in [0.2, 0.25) is 0 Å². The van der Waals surface area contributed by atoms with Gasteiger partial charge >= 0.3 is 6.18 Å². The summed E-state index contributed by atoms with van der Waals surface area (Å²) in [5.74, 6) is 0.615. The number of furan rings is 1. The van der Waals surface area contributed by atoms with Gasteiger partial charge in [0.05, 0.1) is 12.8 Å². The molecule has 2 aromatic rings. The SMILES string of the molecule is FC(F)(F)c1nnc(NCc2ccco2)s1. The maximum atomic E-state index is 12.2. The van der Waals surface area contributed by atoms with E-state index in [-0.39, 0.29) is 11.7 Å². The molecule has 0 aliphatic carbocycles. The van der Waals surface area contributed by atoms with Gasteiger partial charge in [0.15, 0.2) is 0 Å². The number of nitrogens with one attached hydrogen (secondary N) is 1. The van der Waals surface area contributed by atoms with E-state index in [1.165, 1.54) is 6.26 Å². The van der Waals surface area contributed by atoms with Crippen LogP contribution in [-0.2, 0) is 12.7 Å². The van der Waals surface area contributed by atoms with Gasteiger partial charge in [0, 0.05) is 0 Å². The Bertz CT molecular complexity index is 451. The van der Waals surface area contributed by atoms with Crippen LogP contribution in [0, 0.1) is 0 Å². The topological polar surface area (TPSA) is 51.0 Å². The average Bonchev–Trinajstić information content (AvgIpc) is 2.85. The van der Waals surface area contributed by atoms with Crippen LogP contribution >= 0.6 is 11.3 Å². The lowest BCUT2D eigenvalue weighted by Gasteiger charge is -1.98. The first-order valence-corrected chi connectivity index (χ1v) is 5.04. The van der Waals surface area contributed by atoms with E-state index in [9.17, 15) is 13.2 Å². The van der Waals surface area contributed by atoms with Crippen molar-refractivity contribution in [1.82, 2.24) is 10.2 Å². The molecular formula is C8H6F3N3OS. The van der Waals surface area contributed by atoms with Gasteiger partial charge in [0.2, 0.25) is 10.1 Å². The summed E-state index contributed by atoms with van der Waals surface area (Å²) in [5, 5.41) is 8.26. The highest BCUT2D eigenvalue weighted by Crippen LogP contribution is 2.33. The van der Waals surface area contributed by atoms with Gasteiger partial charge < -0.3 is 9.73 Å². The zero-order valence-corrected chi connectivity index (χ0v) is 8.60. The number of nitrogens with zero attached hydrogens (tertiary/aromatic N) is 2. The molecule has 4 nitrogen and oxygen atoms in total. The van der Waals surface area contributed by atoms with Gasteiger partial charge in [-0.1, -0.05) is 11.3 Å². The standard InChI is InChI=1S/C8H6F3N3OS/c9-8(10,11)6-13-14-7(16-6)12-4-5-2-1-3-15-5/h1-3H,4H2,(H,12,14). The zero-order chi connectivity index (χ0) is 11.6. The monoisotopic (exact) mass is 249 g/mol. The van der Waals surface area contributed by atoms with Crippen LogP contribution in [0.1, 0.15) is 10.8 Å². The van der Waals surface area contributed by atoms with Gasteiger partial charge in [-0.15, -0.1) is 10.2 Å². The maximum absolute atomic E-state index is 12.2. The molecule has 2 rings (SSSR count). The Balaban J connectivity index is 1.98. The third-order valence-corrected chi connectivity index (χ3v) is 2.59. The Morgan fingerprint density at radius 3 is 2.75 bits per heavy atom. The Hall–Kier alpha value is -1.57. The summed E-state index contributed by atoms with van der Waals surface area (Å²) in [6, 6.07) is 3.40. The van der Waals surface area contributed by atoms with Gasteiger partial charge in [0.1, 0.15) is 5.76 Å². The molecule has 16 heavy (non-hydrogen) atoms. The number of hydrogen-bond donors (Lipinski definition) is 1. The van der Waals surface area contributed by atoms with Gasteiger partial charge in [-0.3, -0.25) is 0 Å². The van der Waals surface area contributed by atoms with Gasteiger partial charge in [-0.05, 0) is 12.1 Å². The highest BCUT2D eigenvalue weighted by atomic mass is 32.1. The molecule has 0 atom stereocenters. The highest BCUT2D eigenvalue weighted by Gasteiger charge is 2.35. The summed E-state index contributed by atoms with van der Waals surface area (Å²) < 4.78 is 41.5. The third-order valence-electron chi connectivity index (χ3n) is 1.66. The molecule has 8 heteroatoms. The van der Waals surface area contributed by atoms with E-state index in [0.29, 0.717) is 17.1 Å². The Kier molecular flexibility index (Phi) is 2.82. The van der Waals surface area contributed by atoms with Crippen LogP contribution in [0.4, 0.5) is 18.3 Å². The lowest BCUT2D eigenvalue weighted by atomic mass is 10.4. The van der Waals surface area contributed by atoms with Crippen LogP contribution in [0.3, 0.4) is 0 Å². The van der Waals surface area contributed by atoms with Gasteiger partial charge in [-0.25, -0.2) is 0 Å². The lowest BCUT2D eigenvalue weighted by molar-refractivity contribution is -0.138. The molecule has 0 spiro atoms. The highest BCUT2D eigenvalue weighted by molar-refractivity contribution is 7.15. The Morgan fingerprint density at radius 2 is 2.19 bits per heavy atom. The predicted octanol–water partition coefficient (Wildman–Crippen LogP) is 2.76. The largest absolute Gasteiger partial charge is 0.467 e. The fraction of sp³-hybridized carbons (Fsp3) is 0.250. The molecule has 1 N–H and O–H groups in total. The minimum Gasteiger partial charge on any atom is -0.467 e. The zero-order valence-electron chi connectivity index (χ0n) is 7.78. The molecule has 0 radical (unpaired) electrons. The summed E-state index contributed by atoms with van der Waals surface area (Å²) in [6.45, 7) is 0.277. The molecule has 0 saturated carbocycles. The first kappa shape index (κ1) is 10.9. The molecule has 0 amide bonds. The number of alkyl halides is 3. The molecule has 0 unspecified atom stereocenters. The average molecular weight is 249 g/mol. The molecule has 2 aromatic heterocycles. The summed E-state index contributed by atoms with van der Waals surface area (Å²) in [6.07, 6.45) is -2.96. The summed E-state index contributed by atoms with van der Waals surface area (Å²) in [4.78, 5) is 0. The molecule has 0 bridgehead atoms. The van der Waals surface area contributed by atoms with Crippen molar-refractivity contribution in [3.63, 3.8) is 0 Å². The van der Waals surface area contributed by atoms with Crippen molar-refractivity contribution in [2.75, 3.05) is 5.32 Å². The van der Waals surface area contributed by atoms with E-state index < -0.39 is 11.2 Å². The van der Waals surface area contributed by atoms with Crippen molar-refractivity contribution in [2.45, 2.75) is 12.7 Å². The second-order valence-electron chi connectivity index (χ2n) is 2.84. The fourth-order valence-electron chi connectivity index (χ4n) is 0.985. The number of halogens is 3. The number of hydrogen-bond acceptors (Lipinski definition) is 5. The van der Waals surface area contributed by atoms with Crippen molar-refractivity contribution < 1.29 is 17.6 Å². The molecule has 2 heterocycles. The molecule has 86 valence electrons. The summed E-state index contributed by atoms with van der Waals surface area (Å²) in [7, 11) is 0. The number of rotatable bonds is 3. The summed E-state index contributed by atoms with van der Waals surface area (Å²) in [5.41, 5.74) is 0. The van der Waals surface area contributed by atoms with Crippen LogP contribution in [0.15, 0.2) is 22.8 Å². The van der Waals surface area contributed by atoms with Crippen LogP contribution in [-0.4, -0.2) is 10.2 Å². The van der Waals surface area contributed by atoms with E-state index in [0.717, 1.165) is 0 Å². The smallest absolute Gasteiger partial charge is 0.445 e. The second kappa shape index (κ2) is 4.12. The van der Waals surface area contributed by atoms with E-state index in [4.69, 9.17) is 4.42 Å². The van der Waals surface area contributed by atoms with Crippen molar-refractivity contribution in [1.29, 1.82) is 0 Å². The van der Waals surface area contributed by atoms with Gasteiger partial charge in [0.25, 0.3) is 0 Å². The van der Waals surface area contributed by atoms with E-state index in [2.05, 4.69) is 15.5 Å². The summed E-state index contributed by atoms with van der Waals surface area (Å²) >= 11 is 0.462. The Morgan fingerprint density at radius 1 is 1.38 bits per heavy atom. The van der Waals surface area contributed by atoms with Crippen molar-refractivity contribution in [3.8, 4) is 0 Å². The maximum Gasteiger partial charge on any atom is 0.445 e. The number of anilines is 1. The van der Waals surface area contributed by atoms with Crippen LogP contribution < -0.4 is 5.32 Å². The fourth-order valence-corrected chi connectivity index (χ4v) is 1.59. The predicted molar refractivity (Wildman–Crippen MR) is 50.9 cm³/mol. The first-order chi connectivity index (χ1) is 7.55. The Labute approximate surface area is 92.1 Å². The lowest BCUT2D eigenvalue weighted by Crippen LogP contribution is -2.03. The molecular weight excluding hydrogens is 243 g/mol. The minimum absolute atomic E-state index is 0.115. The molecule has 0 fully saturated rings. The van der Waals surface area contributed by atoms with E-state index >= 15 is 0 Å². The van der Waals surface area contributed by atoms with Crippen molar-refractivity contribution in [3.05, 3.63) is 29.2 Å².